The van der Waals surface area contributed by atoms with E-state index in [1.165, 1.54) is 19.3 Å². The molecule has 1 aliphatic rings. The number of carboxylic acids is 1. The van der Waals surface area contributed by atoms with Crippen molar-refractivity contribution in [3.05, 3.63) is 12.7 Å². The molecule has 1 atom stereocenters. The summed E-state index contributed by atoms with van der Waals surface area (Å²) in [5.74, 6) is -0.833. The van der Waals surface area contributed by atoms with Crippen LogP contribution in [0, 0.1) is 5.41 Å². The highest BCUT2D eigenvalue weighted by molar-refractivity contribution is 6.19. The summed E-state index contributed by atoms with van der Waals surface area (Å²) in [5, 5.41) is 10.2. The Balaban J connectivity index is 0.000000885. The average molecular weight is 320 g/mol. The molecule has 1 amide bonds. The van der Waals surface area contributed by atoms with Crippen molar-refractivity contribution in [3.63, 3.8) is 0 Å². The zero-order valence-corrected chi connectivity index (χ0v) is 13.6. The molecule has 122 valence electrons. The van der Waals surface area contributed by atoms with Crippen LogP contribution in [-0.4, -0.2) is 29.3 Å². The number of hydrogen-bond donors (Lipinski definition) is 2. The van der Waals surface area contributed by atoms with Gasteiger partial charge >= 0.3 is 6.09 Å². The van der Waals surface area contributed by atoms with E-state index in [-0.39, 0.29) is 5.41 Å². The highest BCUT2D eigenvalue weighted by Gasteiger charge is 2.31. The maximum Gasteiger partial charge on any atom is 0.408 e. The van der Waals surface area contributed by atoms with Gasteiger partial charge in [-0.1, -0.05) is 36.9 Å². The first-order valence-electron chi connectivity index (χ1n) is 7.20. The van der Waals surface area contributed by atoms with E-state index in [1.54, 1.807) is 6.92 Å². The van der Waals surface area contributed by atoms with Crippen molar-refractivity contribution in [2.45, 2.75) is 57.9 Å². The molecule has 0 saturated heterocycles. The molecule has 1 saturated carbocycles. The van der Waals surface area contributed by atoms with Crippen LogP contribution < -0.4 is 5.32 Å². The molecule has 1 rings (SSSR count). The first kappa shape index (κ1) is 19.8. The Kier molecular flexibility index (Phi) is 9.88. The standard InChI is InChI=1S/C13H22ClNO2.C2H4O2/c1-3-7-13(8-5-4-6-9-13)10-15-12(16)17-11(2)14;1-2(3)4/h3,11H,1,4-10H2,2H3,(H,15,16);1H3,(H,3,4). The lowest BCUT2D eigenvalue weighted by atomic mass is 9.72. The lowest BCUT2D eigenvalue weighted by Gasteiger charge is -2.36. The molecule has 0 heterocycles. The van der Waals surface area contributed by atoms with Crippen LogP contribution in [-0.2, 0) is 9.53 Å². The van der Waals surface area contributed by atoms with E-state index in [4.69, 9.17) is 26.2 Å². The highest BCUT2D eigenvalue weighted by Crippen LogP contribution is 2.38. The Morgan fingerprint density at radius 2 is 1.95 bits per heavy atom. The number of aliphatic carboxylic acids is 1. The number of carboxylic acid groups (broad SMARTS) is 1. The van der Waals surface area contributed by atoms with Crippen LogP contribution in [0.5, 0.6) is 0 Å². The number of alkyl carbamates (subject to hydrolysis) is 1. The maximum atomic E-state index is 11.4. The van der Waals surface area contributed by atoms with Crippen LogP contribution >= 0.6 is 11.6 Å². The molecule has 0 aromatic heterocycles. The zero-order chi connectivity index (χ0) is 16.3. The zero-order valence-electron chi connectivity index (χ0n) is 12.9. The second kappa shape index (κ2) is 10.5. The van der Waals surface area contributed by atoms with Crippen molar-refractivity contribution in [1.82, 2.24) is 5.32 Å². The smallest absolute Gasteiger partial charge is 0.408 e. The number of allylic oxidation sites excluding steroid dienone is 1. The van der Waals surface area contributed by atoms with Crippen LogP contribution in [0.15, 0.2) is 12.7 Å². The molecular weight excluding hydrogens is 294 g/mol. The molecule has 2 N–H and O–H groups in total. The quantitative estimate of drug-likeness (QED) is 0.595. The largest absolute Gasteiger partial charge is 0.481 e. The van der Waals surface area contributed by atoms with E-state index in [9.17, 15) is 4.79 Å². The van der Waals surface area contributed by atoms with Crippen LogP contribution in [0.25, 0.3) is 0 Å². The van der Waals surface area contributed by atoms with E-state index in [0.717, 1.165) is 26.2 Å². The first-order chi connectivity index (χ1) is 9.81. The second-order valence-corrected chi connectivity index (χ2v) is 5.99. The first-order valence-corrected chi connectivity index (χ1v) is 7.64. The maximum absolute atomic E-state index is 11.4. The van der Waals surface area contributed by atoms with E-state index in [0.29, 0.717) is 6.54 Å². The van der Waals surface area contributed by atoms with E-state index in [1.807, 2.05) is 6.08 Å². The predicted octanol–water partition coefficient (Wildman–Crippen LogP) is 3.91. The van der Waals surface area contributed by atoms with E-state index in [2.05, 4.69) is 11.9 Å². The fraction of sp³-hybridized carbons (Fsp3) is 0.733. The summed E-state index contributed by atoms with van der Waals surface area (Å²) in [6.45, 7) is 7.17. The highest BCUT2D eigenvalue weighted by atomic mass is 35.5. The Morgan fingerprint density at radius 3 is 2.38 bits per heavy atom. The van der Waals surface area contributed by atoms with Gasteiger partial charge in [-0.15, -0.1) is 6.58 Å². The number of carbonyl (C=O) groups excluding carboxylic acids is 1. The molecule has 0 radical (unpaired) electrons. The summed E-state index contributed by atoms with van der Waals surface area (Å²) in [6.07, 6.45) is 8.52. The van der Waals surface area contributed by atoms with Crippen molar-refractivity contribution < 1.29 is 19.4 Å². The molecule has 21 heavy (non-hydrogen) atoms. The summed E-state index contributed by atoms with van der Waals surface area (Å²) < 4.78 is 4.85. The minimum Gasteiger partial charge on any atom is -0.481 e. The Bertz CT molecular complexity index is 335. The van der Waals surface area contributed by atoms with Crippen molar-refractivity contribution in [2.24, 2.45) is 5.41 Å². The van der Waals surface area contributed by atoms with Gasteiger partial charge in [0, 0.05) is 13.5 Å². The minimum atomic E-state index is -0.833. The molecular formula is C15H26ClNO4. The van der Waals surface area contributed by atoms with Gasteiger partial charge in [0.1, 0.15) is 0 Å². The number of halogens is 1. The fourth-order valence-electron chi connectivity index (χ4n) is 2.51. The SMILES string of the molecule is C=CCC1(CNC(=O)OC(C)Cl)CCCCC1.CC(=O)O. The molecule has 0 bridgehead atoms. The molecule has 0 aromatic carbocycles. The summed E-state index contributed by atoms with van der Waals surface area (Å²) in [5.41, 5.74) is -0.411. The van der Waals surface area contributed by atoms with Gasteiger partial charge in [0.2, 0.25) is 0 Å². The van der Waals surface area contributed by atoms with Crippen LogP contribution in [0.1, 0.15) is 52.4 Å². The number of hydrogen-bond acceptors (Lipinski definition) is 3. The number of rotatable bonds is 5. The molecule has 0 aromatic rings. The van der Waals surface area contributed by atoms with Crippen molar-refractivity contribution in [3.8, 4) is 0 Å². The molecule has 1 unspecified atom stereocenters. The third-order valence-corrected chi connectivity index (χ3v) is 3.46. The third kappa shape index (κ3) is 10.2. The van der Waals surface area contributed by atoms with Gasteiger partial charge in [0.05, 0.1) is 0 Å². The van der Waals surface area contributed by atoms with Gasteiger partial charge in [-0.05, 0) is 31.6 Å². The van der Waals surface area contributed by atoms with E-state index >= 15 is 0 Å². The lowest BCUT2D eigenvalue weighted by molar-refractivity contribution is -0.134. The number of ether oxygens (including phenoxy) is 1. The molecule has 1 aliphatic carbocycles. The monoisotopic (exact) mass is 319 g/mol. The van der Waals surface area contributed by atoms with Crippen molar-refractivity contribution >= 4 is 23.7 Å². The number of nitrogens with one attached hydrogen (secondary N) is 1. The van der Waals surface area contributed by atoms with Crippen molar-refractivity contribution in [2.75, 3.05) is 6.54 Å². The second-order valence-electron chi connectivity index (χ2n) is 5.37. The van der Waals surface area contributed by atoms with Crippen LogP contribution in [0.4, 0.5) is 4.79 Å². The summed E-state index contributed by atoms with van der Waals surface area (Å²) >= 11 is 5.59. The molecule has 1 fully saturated rings. The molecule has 6 heteroatoms. The minimum absolute atomic E-state index is 0.175. The van der Waals surface area contributed by atoms with Gasteiger partial charge in [-0.3, -0.25) is 4.79 Å². The van der Waals surface area contributed by atoms with Gasteiger partial charge in [-0.2, -0.15) is 0 Å². The van der Waals surface area contributed by atoms with Gasteiger partial charge in [-0.25, -0.2) is 4.79 Å². The number of alkyl halides is 1. The van der Waals surface area contributed by atoms with Gasteiger partial charge < -0.3 is 15.2 Å². The average Bonchev–Trinajstić information content (AvgIpc) is 2.37. The molecule has 0 spiro atoms. The normalized spacial score (nSPS) is 17.7. The lowest BCUT2D eigenvalue weighted by Crippen LogP contribution is -2.39. The Hall–Kier alpha value is -1.23. The van der Waals surface area contributed by atoms with Crippen molar-refractivity contribution in [1.29, 1.82) is 0 Å². The Morgan fingerprint density at radius 1 is 1.43 bits per heavy atom. The molecule has 0 aliphatic heterocycles. The summed E-state index contributed by atoms with van der Waals surface area (Å²) in [7, 11) is 0. The summed E-state index contributed by atoms with van der Waals surface area (Å²) in [6, 6.07) is 0. The van der Waals surface area contributed by atoms with Gasteiger partial charge in [0.25, 0.3) is 5.97 Å². The fourth-order valence-corrected chi connectivity index (χ4v) is 2.59. The Labute approximate surface area is 131 Å². The van der Waals surface area contributed by atoms with Crippen LogP contribution in [0.3, 0.4) is 0 Å². The summed E-state index contributed by atoms with van der Waals surface area (Å²) in [4.78, 5) is 20.4. The topological polar surface area (TPSA) is 75.6 Å². The molecule has 5 nitrogen and oxygen atoms in total. The van der Waals surface area contributed by atoms with Gasteiger partial charge in [0.15, 0.2) is 5.56 Å². The number of carbonyl (C=O) groups is 2. The third-order valence-electron chi connectivity index (χ3n) is 3.37. The predicted molar refractivity (Wildman–Crippen MR) is 83.4 cm³/mol. The van der Waals surface area contributed by atoms with Crippen LogP contribution in [0.2, 0.25) is 0 Å². The van der Waals surface area contributed by atoms with E-state index < -0.39 is 17.6 Å². The number of amides is 1.